The minimum Gasteiger partial charge on any atom is -0.480 e. The Morgan fingerprint density at radius 1 is 1.44 bits per heavy atom. The molecule has 0 saturated heterocycles. The second-order valence-corrected chi connectivity index (χ2v) is 5.36. The van der Waals surface area contributed by atoms with Gasteiger partial charge in [0.25, 0.3) is 0 Å². The predicted molar refractivity (Wildman–Crippen MR) is 68.0 cm³/mol. The summed E-state index contributed by atoms with van der Waals surface area (Å²) < 4.78 is 0. The van der Waals surface area contributed by atoms with Crippen molar-refractivity contribution in [3.8, 4) is 0 Å². The summed E-state index contributed by atoms with van der Waals surface area (Å²) in [4.78, 5) is 28.9. The van der Waals surface area contributed by atoms with Gasteiger partial charge in [0.2, 0.25) is 0 Å². The van der Waals surface area contributed by atoms with Crippen LogP contribution in [-0.4, -0.2) is 40.6 Å². The third-order valence-electron chi connectivity index (χ3n) is 2.78. The molecule has 1 aliphatic rings. The minimum absolute atomic E-state index is 0.322. The van der Waals surface area contributed by atoms with Crippen LogP contribution in [0.2, 0.25) is 0 Å². The molecule has 0 aromatic carbocycles. The Bertz CT molecular complexity index is 449. The van der Waals surface area contributed by atoms with E-state index in [0.29, 0.717) is 5.13 Å². The van der Waals surface area contributed by atoms with Gasteiger partial charge in [-0.15, -0.1) is 11.3 Å². The van der Waals surface area contributed by atoms with Gasteiger partial charge in [-0.1, -0.05) is 0 Å². The number of aromatic nitrogens is 1. The van der Waals surface area contributed by atoms with Crippen molar-refractivity contribution in [3.05, 3.63) is 10.6 Å². The van der Waals surface area contributed by atoms with E-state index in [1.54, 1.807) is 0 Å². The first kappa shape index (κ1) is 12.8. The Balaban J connectivity index is 1.98. The Kier molecular flexibility index (Phi) is 3.81. The van der Waals surface area contributed by atoms with E-state index in [-0.39, 0.29) is 6.54 Å². The van der Waals surface area contributed by atoms with E-state index in [1.165, 1.54) is 29.7 Å². The molecule has 1 aromatic heterocycles. The summed E-state index contributed by atoms with van der Waals surface area (Å²) in [5.41, 5.74) is 1.07. The average molecular weight is 269 g/mol. The van der Waals surface area contributed by atoms with E-state index in [1.807, 2.05) is 0 Å². The van der Waals surface area contributed by atoms with Crippen LogP contribution in [-0.2, 0) is 17.6 Å². The van der Waals surface area contributed by atoms with Crippen molar-refractivity contribution >= 4 is 28.5 Å². The molecule has 98 valence electrons. The van der Waals surface area contributed by atoms with E-state index in [9.17, 15) is 9.59 Å². The number of thiazole rings is 1. The van der Waals surface area contributed by atoms with Gasteiger partial charge in [0.1, 0.15) is 6.54 Å². The van der Waals surface area contributed by atoms with Crippen LogP contribution in [0.15, 0.2) is 0 Å². The fourth-order valence-electron chi connectivity index (χ4n) is 1.87. The summed E-state index contributed by atoms with van der Waals surface area (Å²) in [5.74, 6) is -1.04. The molecule has 18 heavy (non-hydrogen) atoms. The number of carboxylic acid groups (broad SMARTS) is 1. The van der Waals surface area contributed by atoms with Crippen molar-refractivity contribution in [2.45, 2.75) is 25.7 Å². The second-order valence-electron chi connectivity index (χ2n) is 4.28. The fourth-order valence-corrected chi connectivity index (χ4v) is 2.91. The van der Waals surface area contributed by atoms with E-state index < -0.39 is 12.0 Å². The van der Waals surface area contributed by atoms with E-state index >= 15 is 0 Å². The van der Waals surface area contributed by atoms with Gasteiger partial charge < -0.3 is 10.0 Å². The molecule has 0 saturated carbocycles. The summed E-state index contributed by atoms with van der Waals surface area (Å²) in [5, 5.41) is 11.8. The molecule has 0 aliphatic heterocycles. The van der Waals surface area contributed by atoms with Gasteiger partial charge in [-0.25, -0.2) is 9.78 Å². The quantitative estimate of drug-likeness (QED) is 0.872. The molecule has 2 N–H and O–H groups in total. The Morgan fingerprint density at radius 3 is 2.83 bits per heavy atom. The topological polar surface area (TPSA) is 82.5 Å². The van der Waals surface area contributed by atoms with Crippen LogP contribution in [0.25, 0.3) is 0 Å². The highest BCUT2D eigenvalue weighted by Gasteiger charge is 2.18. The first-order valence-corrected chi connectivity index (χ1v) is 6.60. The number of rotatable bonds is 3. The average Bonchev–Trinajstić information content (AvgIpc) is 2.69. The molecule has 6 nitrogen and oxygen atoms in total. The molecule has 0 spiro atoms. The van der Waals surface area contributed by atoms with Crippen molar-refractivity contribution in [2.75, 3.05) is 18.9 Å². The first-order chi connectivity index (χ1) is 8.56. The summed E-state index contributed by atoms with van der Waals surface area (Å²) >= 11 is 1.48. The van der Waals surface area contributed by atoms with E-state index in [0.717, 1.165) is 29.9 Å². The highest BCUT2D eigenvalue weighted by Crippen LogP contribution is 2.29. The van der Waals surface area contributed by atoms with Crippen LogP contribution in [0.5, 0.6) is 0 Å². The lowest BCUT2D eigenvalue weighted by Crippen LogP contribution is -2.35. The number of fused-ring (bicyclic) bond motifs is 1. The Morgan fingerprint density at radius 2 is 2.17 bits per heavy atom. The molecule has 0 radical (unpaired) electrons. The molecular formula is C11H15N3O3S. The van der Waals surface area contributed by atoms with Crippen LogP contribution in [0.4, 0.5) is 9.93 Å². The zero-order valence-corrected chi connectivity index (χ0v) is 10.9. The number of aliphatic carboxylic acids is 1. The van der Waals surface area contributed by atoms with Crippen LogP contribution >= 0.6 is 11.3 Å². The molecular weight excluding hydrogens is 254 g/mol. The maximum Gasteiger partial charge on any atom is 0.323 e. The normalized spacial score (nSPS) is 13.8. The molecule has 0 fully saturated rings. The SMILES string of the molecule is CN(CC(=O)O)C(=O)Nc1nc2c(s1)CCCC2. The van der Waals surface area contributed by atoms with Gasteiger partial charge in [-0.3, -0.25) is 10.1 Å². The van der Waals surface area contributed by atoms with Gasteiger partial charge in [-0.05, 0) is 25.7 Å². The first-order valence-electron chi connectivity index (χ1n) is 5.79. The molecule has 7 heteroatoms. The van der Waals surface area contributed by atoms with Gasteiger partial charge >= 0.3 is 12.0 Å². The number of hydrogen-bond donors (Lipinski definition) is 2. The van der Waals surface area contributed by atoms with Crippen LogP contribution in [0.1, 0.15) is 23.4 Å². The molecule has 2 rings (SSSR count). The van der Waals surface area contributed by atoms with Crippen LogP contribution in [0.3, 0.4) is 0 Å². The lowest BCUT2D eigenvalue weighted by atomic mass is 10.0. The highest BCUT2D eigenvalue weighted by molar-refractivity contribution is 7.15. The minimum atomic E-state index is -1.04. The molecule has 1 heterocycles. The smallest absolute Gasteiger partial charge is 0.323 e. The van der Waals surface area contributed by atoms with Crippen LogP contribution in [0, 0.1) is 0 Å². The van der Waals surface area contributed by atoms with E-state index in [2.05, 4.69) is 10.3 Å². The number of carbonyl (C=O) groups excluding carboxylic acids is 1. The maximum atomic E-state index is 11.7. The Labute approximate surface area is 109 Å². The lowest BCUT2D eigenvalue weighted by molar-refractivity contribution is -0.137. The number of aryl methyl sites for hydroxylation is 2. The lowest BCUT2D eigenvalue weighted by Gasteiger charge is -2.13. The third-order valence-corrected chi connectivity index (χ3v) is 3.85. The number of carbonyl (C=O) groups is 2. The number of hydrogen-bond acceptors (Lipinski definition) is 4. The highest BCUT2D eigenvalue weighted by atomic mass is 32.1. The van der Waals surface area contributed by atoms with Crippen molar-refractivity contribution < 1.29 is 14.7 Å². The molecule has 2 amide bonds. The van der Waals surface area contributed by atoms with Gasteiger partial charge in [-0.2, -0.15) is 0 Å². The van der Waals surface area contributed by atoms with E-state index in [4.69, 9.17) is 5.11 Å². The number of amides is 2. The van der Waals surface area contributed by atoms with Crippen molar-refractivity contribution in [2.24, 2.45) is 0 Å². The van der Waals surface area contributed by atoms with Crippen molar-refractivity contribution in [1.82, 2.24) is 9.88 Å². The molecule has 0 unspecified atom stereocenters. The molecule has 1 aliphatic carbocycles. The number of nitrogens with zero attached hydrogens (tertiary/aromatic N) is 2. The molecule has 0 atom stereocenters. The fraction of sp³-hybridized carbons (Fsp3) is 0.545. The van der Waals surface area contributed by atoms with Gasteiger partial charge in [0, 0.05) is 11.9 Å². The molecule has 0 bridgehead atoms. The number of urea groups is 1. The second kappa shape index (κ2) is 5.34. The largest absolute Gasteiger partial charge is 0.480 e. The van der Waals surface area contributed by atoms with Gasteiger partial charge in [0.05, 0.1) is 5.69 Å². The standard InChI is InChI=1S/C11H15N3O3S/c1-14(6-9(15)16)11(17)13-10-12-7-4-2-3-5-8(7)18-10/h2-6H2,1H3,(H,15,16)(H,12,13,17). The summed E-state index contributed by atoms with van der Waals surface area (Å²) in [7, 11) is 1.44. The van der Waals surface area contributed by atoms with Gasteiger partial charge in [0.15, 0.2) is 5.13 Å². The zero-order valence-electron chi connectivity index (χ0n) is 10.1. The molecule has 1 aromatic rings. The number of nitrogens with one attached hydrogen (secondary N) is 1. The van der Waals surface area contributed by atoms with Crippen LogP contribution < -0.4 is 5.32 Å². The monoisotopic (exact) mass is 269 g/mol. The summed E-state index contributed by atoms with van der Waals surface area (Å²) in [6.07, 6.45) is 4.30. The summed E-state index contributed by atoms with van der Waals surface area (Å²) in [6, 6.07) is -0.441. The maximum absolute atomic E-state index is 11.7. The number of carboxylic acids is 1. The predicted octanol–water partition coefficient (Wildman–Crippen LogP) is 1.57. The Hall–Kier alpha value is -1.63. The van der Waals surface area contributed by atoms with Crippen molar-refractivity contribution in [1.29, 1.82) is 0 Å². The zero-order chi connectivity index (χ0) is 13.1. The number of anilines is 1. The van der Waals surface area contributed by atoms with Crippen molar-refractivity contribution in [3.63, 3.8) is 0 Å². The number of likely N-dealkylation sites (N-methyl/N-ethyl adjacent to an activating group) is 1. The summed E-state index contributed by atoms with van der Waals surface area (Å²) in [6.45, 7) is -0.322. The third kappa shape index (κ3) is 2.98.